The van der Waals surface area contributed by atoms with Crippen LogP contribution in [-0.2, 0) is 14.8 Å². The summed E-state index contributed by atoms with van der Waals surface area (Å²) in [6.07, 6.45) is 1.42. The zero-order valence-corrected chi connectivity index (χ0v) is 17.6. The van der Waals surface area contributed by atoms with Crippen molar-refractivity contribution in [1.82, 2.24) is 10.0 Å². The van der Waals surface area contributed by atoms with Crippen molar-refractivity contribution >= 4 is 43.5 Å². The Labute approximate surface area is 172 Å². The van der Waals surface area contributed by atoms with Crippen LogP contribution < -0.4 is 15.4 Å². The molecule has 3 N–H and O–H groups in total. The van der Waals surface area contributed by atoms with Crippen LogP contribution in [0.2, 0.25) is 0 Å². The quantitative estimate of drug-likeness (QED) is 0.521. The second kappa shape index (κ2) is 9.63. The van der Waals surface area contributed by atoms with E-state index in [1.165, 1.54) is 30.3 Å². The number of carbonyl (C=O) groups is 2. The van der Waals surface area contributed by atoms with E-state index < -0.39 is 21.8 Å². The number of rotatable bonds is 8. The number of benzene rings is 2. The molecule has 0 aromatic heterocycles. The fraction of sp³-hybridized carbons (Fsp3) is 0.158. The largest absolute Gasteiger partial charge is 0.343 e. The summed E-state index contributed by atoms with van der Waals surface area (Å²) in [6, 6.07) is 10.9. The minimum atomic E-state index is -3.74. The Morgan fingerprint density at radius 3 is 2.61 bits per heavy atom. The van der Waals surface area contributed by atoms with Gasteiger partial charge in [0.1, 0.15) is 0 Å². The highest BCUT2D eigenvalue weighted by molar-refractivity contribution is 9.10. The topological polar surface area (TPSA) is 104 Å². The number of sulfonamides is 1. The molecule has 0 heterocycles. The van der Waals surface area contributed by atoms with Crippen molar-refractivity contribution in [2.45, 2.75) is 11.8 Å². The van der Waals surface area contributed by atoms with Crippen molar-refractivity contribution in [2.24, 2.45) is 0 Å². The SMILES string of the molecule is C=CCNS(=O)(=O)c1cccc(C(=O)NCC(=O)Nc2ccc(Br)c(C)c2)c1. The number of aryl methyl sites for hydroxylation is 1. The molecule has 28 heavy (non-hydrogen) atoms. The highest BCUT2D eigenvalue weighted by Gasteiger charge is 2.16. The van der Waals surface area contributed by atoms with Gasteiger partial charge in [-0.05, 0) is 48.9 Å². The van der Waals surface area contributed by atoms with Gasteiger partial charge in [-0.15, -0.1) is 6.58 Å². The van der Waals surface area contributed by atoms with E-state index in [0.717, 1.165) is 10.0 Å². The van der Waals surface area contributed by atoms with Gasteiger partial charge in [0, 0.05) is 22.3 Å². The van der Waals surface area contributed by atoms with Gasteiger partial charge in [-0.1, -0.05) is 28.1 Å². The lowest BCUT2D eigenvalue weighted by Gasteiger charge is -2.09. The van der Waals surface area contributed by atoms with Gasteiger partial charge in [-0.25, -0.2) is 13.1 Å². The molecular weight excluding hydrogens is 446 g/mol. The van der Waals surface area contributed by atoms with Crippen molar-refractivity contribution < 1.29 is 18.0 Å². The molecule has 2 aromatic rings. The van der Waals surface area contributed by atoms with Crippen LogP contribution in [0.5, 0.6) is 0 Å². The Morgan fingerprint density at radius 1 is 1.18 bits per heavy atom. The minimum absolute atomic E-state index is 0.0446. The normalized spacial score (nSPS) is 10.9. The predicted molar refractivity (Wildman–Crippen MR) is 112 cm³/mol. The van der Waals surface area contributed by atoms with E-state index in [4.69, 9.17) is 0 Å². The molecule has 2 rings (SSSR count). The molecule has 0 aliphatic heterocycles. The van der Waals surface area contributed by atoms with Crippen LogP contribution in [0.4, 0.5) is 5.69 Å². The highest BCUT2D eigenvalue weighted by atomic mass is 79.9. The summed E-state index contributed by atoms with van der Waals surface area (Å²) in [7, 11) is -3.74. The summed E-state index contributed by atoms with van der Waals surface area (Å²) in [4.78, 5) is 24.3. The van der Waals surface area contributed by atoms with Gasteiger partial charge in [-0.3, -0.25) is 9.59 Å². The van der Waals surface area contributed by atoms with Crippen molar-refractivity contribution in [2.75, 3.05) is 18.4 Å². The molecule has 0 saturated heterocycles. The van der Waals surface area contributed by atoms with Crippen molar-refractivity contribution in [1.29, 1.82) is 0 Å². The number of nitrogens with one attached hydrogen (secondary N) is 3. The second-order valence-electron chi connectivity index (χ2n) is 5.86. The zero-order valence-electron chi connectivity index (χ0n) is 15.2. The van der Waals surface area contributed by atoms with E-state index in [9.17, 15) is 18.0 Å². The van der Waals surface area contributed by atoms with Crippen molar-refractivity contribution in [3.8, 4) is 0 Å². The Hall–Kier alpha value is -2.49. The van der Waals surface area contributed by atoms with E-state index in [0.29, 0.717) is 5.69 Å². The van der Waals surface area contributed by atoms with Crippen LogP contribution in [0.25, 0.3) is 0 Å². The monoisotopic (exact) mass is 465 g/mol. The molecule has 0 spiro atoms. The summed E-state index contributed by atoms with van der Waals surface area (Å²) < 4.78 is 27.5. The van der Waals surface area contributed by atoms with E-state index in [1.54, 1.807) is 12.1 Å². The third-order valence-electron chi connectivity index (χ3n) is 3.68. The number of hydrogen-bond donors (Lipinski definition) is 3. The van der Waals surface area contributed by atoms with E-state index in [-0.39, 0.29) is 23.5 Å². The molecule has 0 fully saturated rings. The first kappa shape index (κ1) is 21.8. The molecule has 0 atom stereocenters. The summed E-state index contributed by atoms with van der Waals surface area (Å²) in [5, 5.41) is 5.16. The molecule has 2 aromatic carbocycles. The molecule has 148 valence electrons. The fourth-order valence-electron chi connectivity index (χ4n) is 2.25. The Balaban J connectivity index is 1.99. The Kier molecular flexibility index (Phi) is 7.50. The van der Waals surface area contributed by atoms with E-state index >= 15 is 0 Å². The smallest absolute Gasteiger partial charge is 0.251 e. The molecular formula is C19H20BrN3O4S. The van der Waals surface area contributed by atoms with Crippen LogP contribution in [0, 0.1) is 6.92 Å². The van der Waals surface area contributed by atoms with Crippen LogP contribution in [0.1, 0.15) is 15.9 Å². The number of hydrogen-bond acceptors (Lipinski definition) is 4. The number of anilines is 1. The van der Waals surface area contributed by atoms with Crippen LogP contribution in [0.3, 0.4) is 0 Å². The molecule has 7 nitrogen and oxygen atoms in total. The summed E-state index contributed by atoms with van der Waals surface area (Å²) in [5.74, 6) is -0.950. The van der Waals surface area contributed by atoms with Crippen LogP contribution >= 0.6 is 15.9 Å². The van der Waals surface area contributed by atoms with Gasteiger partial charge in [0.05, 0.1) is 11.4 Å². The molecule has 2 amide bonds. The maximum absolute atomic E-state index is 12.3. The predicted octanol–water partition coefficient (Wildman–Crippen LogP) is 2.59. The van der Waals surface area contributed by atoms with Gasteiger partial charge in [-0.2, -0.15) is 0 Å². The Bertz CT molecular complexity index is 1010. The molecule has 0 radical (unpaired) electrons. The lowest BCUT2D eigenvalue weighted by molar-refractivity contribution is -0.115. The average molecular weight is 466 g/mol. The first-order valence-corrected chi connectivity index (χ1v) is 10.6. The van der Waals surface area contributed by atoms with Gasteiger partial charge < -0.3 is 10.6 Å². The Morgan fingerprint density at radius 2 is 1.93 bits per heavy atom. The first-order valence-electron chi connectivity index (χ1n) is 8.28. The molecule has 0 unspecified atom stereocenters. The van der Waals surface area contributed by atoms with Gasteiger partial charge in [0.25, 0.3) is 5.91 Å². The lowest BCUT2D eigenvalue weighted by atomic mass is 10.2. The summed E-state index contributed by atoms with van der Waals surface area (Å²) >= 11 is 3.38. The molecule has 9 heteroatoms. The fourth-order valence-corrected chi connectivity index (χ4v) is 3.54. The maximum atomic E-state index is 12.3. The van der Waals surface area contributed by atoms with Gasteiger partial charge in [0.2, 0.25) is 15.9 Å². The van der Waals surface area contributed by atoms with Crippen molar-refractivity contribution in [3.05, 3.63) is 70.7 Å². The summed E-state index contributed by atoms with van der Waals surface area (Å²) in [6.45, 7) is 5.17. The maximum Gasteiger partial charge on any atom is 0.251 e. The number of halogens is 1. The van der Waals surface area contributed by atoms with Gasteiger partial charge in [0.15, 0.2) is 0 Å². The lowest BCUT2D eigenvalue weighted by Crippen LogP contribution is -2.33. The average Bonchev–Trinajstić information content (AvgIpc) is 2.67. The third-order valence-corrected chi connectivity index (χ3v) is 5.99. The van der Waals surface area contributed by atoms with Gasteiger partial charge >= 0.3 is 0 Å². The third kappa shape index (κ3) is 6.01. The highest BCUT2D eigenvalue weighted by Crippen LogP contribution is 2.19. The zero-order chi connectivity index (χ0) is 20.7. The minimum Gasteiger partial charge on any atom is -0.343 e. The molecule has 0 aliphatic rings. The van der Waals surface area contributed by atoms with Crippen LogP contribution in [-0.4, -0.2) is 33.3 Å². The van der Waals surface area contributed by atoms with Crippen molar-refractivity contribution in [3.63, 3.8) is 0 Å². The van der Waals surface area contributed by atoms with Crippen LogP contribution in [0.15, 0.2) is 64.5 Å². The van der Waals surface area contributed by atoms with E-state index in [1.807, 2.05) is 13.0 Å². The molecule has 0 saturated carbocycles. The standard InChI is InChI=1S/C19H20BrN3O4S/c1-3-9-22-28(26,27)16-6-4-5-14(11-16)19(25)21-12-18(24)23-15-7-8-17(20)13(2)10-15/h3-8,10-11,22H,1,9,12H2,2H3,(H,21,25)(H,23,24). The second-order valence-corrected chi connectivity index (χ2v) is 8.48. The molecule has 0 bridgehead atoms. The number of carbonyl (C=O) groups excluding carboxylic acids is 2. The summed E-state index contributed by atoms with van der Waals surface area (Å²) in [5.41, 5.74) is 1.71. The molecule has 0 aliphatic carbocycles. The number of amides is 2. The van der Waals surface area contributed by atoms with E-state index in [2.05, 4.69) is 37.9 Å². The first-order chi connectivity index (χ1) is 13.2.